The van der Waals surface area contributed by atoms with Crippen molar-refractivity contribution in [1.82, 2.24) is 25.3 Å². The van der Waals surface area contributed by atoms with Crippen LogP contribution < -0.4 is 10.6 Å². The van der Waals surface area contributed by atoms with Crippen molar-refractivity contribution >= 4 is 29.9 Å². The van der Waals surface area contributed by atoms with Gasteiger partial charge in [0.05, 0.1) is 12.7 Å². The first-order valence-corrected chi connectivity index (χ1v) is 11.9. The number of aliphatic imine (C=N–C) groups is 1. The van der Waals surface area contributed by atoms with Crippen LogP contribution in [0.1, 0.15) is 69.0 Å². The standard InChI is InChI=1S/C25H38N6.HI/c1-4-26-24(31-15-12-22(18-31)23-16-28-30(3)17-23)27-19-25(13-8-9-14-25)29-20(2)21-10-6-5-7-11-21;/h5-7,10-11,16-17,20,22,29H,4,8-9,12-15,18-19H2,1-3H3,(H,26,27);1H. The Morgan fingerprint density at radius 2 is 2.00 bits per heavy atom. The Bertz CT molecular complexity index is 858. The number of nitrogens with zero attached hydrogens (tertiary/aromatic N) is 4. The third kappa shape index (κ3) is 6.04. The lowest BCUT2D eigenvalue weighted by Crippen LogP contribution is -2.48. The number of halogens is 1. The van der Waals surface area contributed by atoms with E-state index < -0.39 is 0 Å². The highest BCUT2D eigenvalue weighted by atomic mass is 127. The molecule has 2 heterocycles. The number of likely N-dealkylation sites (tertiary alicyclic amines) is 1. The molecular formula is C25H39IN6. The first-order chi connectivity index (χ1) is 15.1. The first-order valence-electron chi connectivity index (χ1n) is 11.9. The first kappa shape index (κ1) is 25.0. The molecule has 1 aromatic heterocycles. The fourth-order valence-corrected chi connectivity index (χ4v) is 5.21. The maximum Gasteiger partial charge on any atom is 0.194 e. The Morgan fingerprint density at radius 3 is 2.66 bits per heavy atom. The highest BCUT2D eigenvalue weighted by molar-refractivity contribution is 14.0. The normalized spacial score (nSPS) is 21.4. The van der Waals surface area contributed by atoms with Crippen LogP contribution in [0.3, 0.4) is 0 Å². The molecule has 1 saturated heterocycles. The second kappa shape index (κ2) is 11.5. The molecule has 7 heteroatoms. The summed E-state index contributed by atoms with van der Waals surface area (Å²) in [4.78, 5) is 7.61. The molecule has 2 aliphatic rings. The van der Waals surface area contributed by atoms with Crippen LogP contribution in [0.25, 0.3) is 0 Å². The van der Waals surface area contributed by atoms with E-state index >= 15 is 0 Å². The van der Waals surface area contributed by atoms with Crippen LogP contribution >= 0.6 is 24.0 Å². The molecule has 2 N–H and O–H groups in total. The molecule has 2 unspecified atom stereocenters. The van der Waals surface area contributed by atoms with E-state index in [9.17, 15) is 0 Å². The molecule has 4 rings (SSSR count). The zero-order valence-corrected chi connectivity index (χ0v) is 22.1. The van der Waals surface area contributed by atoms with Gasteiger partial charge in [0.15, 0.2) is 5.96 Å². The predicted octanol–water partition coefficient (Wildman–Crippen LogP) is 4.46. The van der Waals surface area contributed by atoms with Crippen LogP contribution in [0.5, 0.6) is 0 Å². The quantitative estimate of drug-likeness (QED) is 0.304. The van der Waals surface area contributed by atoms with Crippen LogP contribution in [0.15, 0.2) is 47.7 Å². The number of benzene rings is 1. The van der Waals surface area contributed by atoms with E-state index in [0.29, 0.717) is 12.0 Å². The lowest BCUT2D eigenvalue weighted by atomic mass is 9.95. The van der Waals surface area contributed by atoms with Gasteiger partial charge in [-0.2, -0.15) is 5.10 Å². The number of nitrogens with one attached hydrogen (secondary N) is 2. The minimum Gasteiger partial charge on any atom is -0.357 e. The van der Waals surface area contributed by atoms with Gasteiger partial charge in [-0.15, -0.1) is 24.0 Å². The number of guanidine groups is 1. The van der Waals surface area contributed by atoms with Crippen LogP contribution in [0.2, 0.25) is 0 Å². The Kier molecular flexibility index (Phi) is 8.99. The Hall–Kier alpha value is -1.61. The molecule has 32 heavy (non-hydrogen) atoms. The maximum atomic E-state index is 5.18. The van der Waals surface area contributed by atoms with E-state index in [2.05, 4.69) is 71.0 Å². The van der Waals surface area contributed by atoms with Gasteiger partial charge in [-0.25, -0.2) is 0 Å². The van der Waals surface area contributed by atoms with Gasteiger partial charge in [-0.05, 0) is 44.2 Å². The summed E-state index contributed by atoms with van der Waals surface area (Å²) >= 11 is 0. The van der Waals surface area contributed by atoms with E-state index in [1.54, 1.807) is 0 Å². The largest absolute Gasteiger partial charge is 0.357 e. The minimum absolute atomic E-state index is 0. The molecule has 2 fully saturated rings. The van der Waals surface area contributed by atoms with E-state index in [0.717, 1.165) is 38.6 Å². The molecule has 0 spiro atoms. The zero-order chi connectivity index (χ0) is 21.7. The van der Waals surface area contributed by atoms with Gasteiger partial charge in [0.2, 0.25) is 0 Å². The Labute approximate surface area is 210 Å². The fraction of sp³-hybridized carbons (Fsp3) is 0.600. The monoisotopic (exact) mass is 550 g/mol. The number of hydrogen-bond donors (Lipinski definition) is 2. The molecule has 1 aromatic carbocycles. The lowest BCUT2D eigenvalue weighted by molar-refractivity contribution is 0.306. The molecule has 0 amide bonds. The number of hydrogen-bond acceptors (Lipinski definition) is 3. The molecule has 0 bridgehead atoms. The molecule has 2 atom stereocenters. The van der Waals surface area contributed by atoms with Gasteiger partial charge in [0, 0.05) is 50.4 Å². The number of aromatic nitrogens is 2. The second-order valence-electron chi connectivity index (χ2n) is 9.31. The van der Waals surface area contributed by atoms with Crippen LogP contribution in [0, 0.1) is 0 Å². The number of aryl methyl sites for hydroxylation is 1. The van der Waals surface area contributed by atoms with Crippen molar-refractivity contribution in [3.63, 3.8) is 0 Å². The van der Waals surface area contributed by atoms with Gasteiger partial charge < -0.3 is 15.5 Å². The van der Waals surface area contributed by atoms with Gasteiger partial charge in [-0.3, -0.25) is 9.67 Å². The average molecular weight is 551 g/mol. The molecule has 6 nitrogen and oxygen atoms in total. The van der Waals surface area contributed by atoms with Crippen molar-refractivity contribution in [2.24, 2.45) is 12.0 Å². The van der Waals surface area contributed by atoms with Crippen molar-refractivity contribution in [3.05, 3.63) is 53.9 Å². The molecular weight excluding hydrogens is 511 g/mol. The molecule has 2 aromatic rings. The third-order valence-corrected chi connectivity index (χ3v) is 6.93. The Balaban J connectivity index is 0.00000289. The molecule has 1 aliphatic carbocycles. The fourth-order valence-electron chi connectivity index (χ4n) is 5.21. The Morgan fingerprint density at radius 1 is 1.25 bits per heavy atom. The third-order valence-electron chi connectivity index (χ3n) is 6.93. The number of rotatable bonds is 7. The summed E-state index contributed by atoms with van der Waals surface area (Å²) in [7, 11) is 1.99. The summed E-state index contributed by atoms with van der Waals surface area (Å²) in [5.74, 6) is 1.60. The summed E-state index contributed by atoms with van der Waals surface area (Å²) in [6, 6.07) is 11.1. The van der Waals surface area contributed by atoms with Gasteiger partial charge in [0.25, 0.3) is 0 Å². The highest BCUT2D eigenvalue weighted by Crippen LogP contribution is 2.33. The van der Waals surface area contributed by atoms with Crippen molar-refractivity contribution in [2.45, 2.75) is 63.5 Å². The van der Waals surface area contributed by atoms with Gasteiger partial charge in [-0.1, -0.05) is 43.2 Å². The topological polar surface area (TPSA) is 57.5 Å². The molecule has 1 saturated carbocycles. The lowest BCUT2D eigenvalue weighted by Gasteiger charge is -2.33. The minimum atomic E-state index is 0. The predicted molar refractivity (Wildman–Crippen MR) is 143 cm³/mol. The average Bonchev–Trinajstić information content (AvgIpc) is 3.53. The highest BCUT2D eigenvalue weighted by Gasteiger charge is 2.35. The van der Waals surface area contributed by atoms with E-state index in [-0.39, 0.29) is 29.5 Å². The summed E-state index contributed by atoms with van der Waals surface area (Å²) in [6.45, 7) is 8.23. The van der Waals surface area contributed by atoms with Gasteiger partial charge >= 0.3 is 0 Å². The smallest absolute Gasteiger partial charge is 0.194 e. The van der Waals surface area contributed by atoms with Crippen molar-refractivity contribution in [3.8, 4) is 0 Å². The maximum absolute atomic E-state index is 5.18. The zero-order valence-electron chi connectivity index (χ0n) is 19.8. The second-order valence-corrected chi connectivity index (χ2v) is 9.31. The van der Waals surface area contributed by atoms with Crippen LogP contribution in [-0.2, 0) is 7.05 Å². The summed E-state index contributed by atoms with van der Waals surface area (Å²) in [5.41, 5.74) is 2.79. The van der Waals surface area contributed by atoms with Crippen LogP contribution in [-0.4, -0.2) is 52.4 Å². The van der Waals surface area contributed by atoms with Gasteiger partial charge in [0.1, 0.15) is 0 Å². The van der Waals surface area contributed by atoms with Crippen molar-refractivity contribution < 1.29 is 0 Å². The molecule has 1 aliphatic heterocycles. The summed E-state index contributed by atoms with van der Waals surface area (Å²) in [6.07, 6.45) is 10.3. The summed E-state index contributed by atoms with van der Waals surface area (Å²) in [5, 5.41) is 11.9. The van der Waals surface area contributed by atoms with Crippen molar-refractivity contribution in [2.75, 3.05) is 26.2 Å². The molecule has 0 radical (unpaired) electrons. The van der Waals surface area contributed by atoms with E-state index in [1.807, 2.05) is 17.9 Å². The molecule has 176 valence electrons. The summed E-state index contributed by atoms with van der Waals surface area (Å²) < 4.78 is 1.90. The van der Waals surface area contributed by atoms with Crippen LogP contribution in [0.4, 0.5) is 0 Å². The van der Waals surface area contributed by atoms with E-state index in [4.69, 9.17) is 4.99 Å². The van der Waals surface area contributed by atoms with Crippen molar-refractivity contribution in [1.29, 1.82) is 0 Å². The van der Waals surface area contributed by atoms with E-state index in [1.165, 1.54) is 36.8 Å². The SMILES string of the molecule is CCNC(=NCC1(NC(C)c2ccccc2)CCCC1)N1CCC(c2cnn(C)c2)C1.I.